The van der Waals surface area contributed by atoms with Gasteiger partial charge in [-0.3, -0.25) is 4.79 Å². The van der Waals surface area contributed by atoms with Gasteiger partial charge in [-0.25, -0.2) is 9.18 Å². The van der Waals surface area contributed by atoms with Crippen LogP contribution >= 0.6 is 0 Å². The number of nitrogens with one attached hydrogen (secondary N) is 1. The van der Waals surface area contributed by atoms with E-state index in [1.807, 2.05) is 20.8 Å². The molecule has 1 aromatic carbocycles. The maximum absolute atomic E-state index is 13.4. The number of ether oxygens (including phenoxy) is 1. The van der Waals surface area contributed by atoms with Gasteiger partial charge in [-0.15, -0.1) is 0 Å². The number of rotatable bonds is 4. The molecule has 19 heavy (non-hydrogen) atoms. The van der Waals surface area contributed by atoms with Crippen LogP contribution in [-0.2, 0) is 9.53 Å². The van der Waals surface area contributed by atoms with Crippen LogP contribution in [0.1, 0.15) is 31.1 Å². The van der Waals surface area contributed by atoms with Crippen LogP contribution in [0.2, 0.25) is 0 Å². The molecule has 0 aliphatic carbocycles. The SMILES string of the molecule is CC(C)(C)OCC(=O)Nc1ccc(C(=O)O)c(F)c1. The number of anilines is 1. The van der Waals surface area contributed by atoms with Crippen LogP contribution in [-0.4, -0.2) is 29.2 Å². The molecular formula is C13H16FNO4. The number of aromatic carboxylic acids is 1. The number of amides is 1. The van der Waals surface area contributed by atoms with E-state index >= 15 is 0 Å². The summed E-state index contributed by atoms with van der Waals surface area (Å²) in [6, 6.07) is 3.37. The number of carbonyl (C=O) groups is 2. The maximum atomic E-state index is 13.4. The third kappa shape index (κ3) is 5.05. The summed E-state index contributed by atoms with van der Waals surface area (Å²) >= 11 is 0. The summed E-state index contributed by atoms with van der Waals surface area (Å²) in [5, 5.41) is 11.1. The van der Waals surface area contributed by atoms with E-state index in [1.165, 1.54) is 6.07 Å². The zero-order valence-corrected chi connectivity index (χ0v) is 11.0. The van der Waals surface area contributed by atoms with Crippen LogP contribution < -0.4 is 5.32 Å². The Morgan fingerprint density at radius 1 is 1.37 bits per heavy atom. The van der Waals surface area contributed by atoms with Crippen molar-refractivity contribution in [3.05, 3.63) is 29.6 Å². The minimum atomic E-state index is -1.36. The van der Waals surface area contributed by atoms with E-state index in [4.69, 9.17) is 9.84 Å². The molecule has 1 amide bonds. The Labute approximate surface area is 110 Å². The second kappa shape index (κ2) is 5.79. The third-order valence-electron chi connectivity index (χ3n) is 2.12. The van der Waals surface area contributed by atoms with Crippen molar-refractivity contribution in [2.75, 3.05) is 11.9 Å². The van der Waals surface area contributed by atoms with Crippen LogP contribution in [0.3, 0.4) is 0 Å². The van der Waals surface area contributed by atoms with Gasteiger partial charge in [0.15, 0.2) is 0 Å². The van der Waals surface area contributed by atoms with Gasteiger partial charge >= 0.3 is 5.97 Å². The van der Waals surface area contributed by atoms with Crippen molar-refractivity contribution >= 4 is 17.6 Å². The van der Waals surface area contributed by atoms with Gasteiger partial charge in [-0.05, 0) is 39.0 Å². The third-order valence-corrected chi connectivity index (χ3v) is 2.12. The second-order valence-electron chi connectivity index (χ2n) is 4.95. The van der Waals surface area contributed by atoms with E-state index in [0.29, 0.717) is 0 Å². The number of carboxylic acid groups (broad SMARTS) is 1. The van der Waals surface area contributed by atoms with E-state index in [-0.39, 0.29) is 12.3 Å². The standard InChI is InChI=1S/C13H16FNO4/c1-13(2,3)19-7-11(16)15-8-4-5-9(12(17)18)10(14)6-8/h4-6H,7H2,1-3H3,(H,15,16)(H,17,18). The van der Waals surface area contributed by atoms with Crippen LogP contribution in [0, 0.1) is 5.82 Å². The fourth-order valence-electron chi connectivity index (χ4n) is 1.25. The first-order valence-electron chi connectivity index (χ1n) is 5.66. The molecule has 0 fully saturated rings. The van der Waals surface area contributed by atoms with Gasteiger partial charge in [-0.2, -0.15) is 0 Å². The number of halogens is 1. The van der Waals surface area contributed by atoms with Crippen molar-refractivity contribution in [3.63, 3.8) is 0 Å². The smallest absolute Gasteiger partial charge is 0.338 e. The number of carbonyl (C=O) groups excluding carboxylic acids is 1. The highest BCUT2D eigenvalue weighted by atomic mass is 19.1. The van der Waals surface area contributed by atoms with Crippen molar-refractivity contribution < 1.29 is 23.8 Å². The van der Waals surface area contributed by atoms with E-state index in [1.54, 1.807) is 0 Å². The summed E-state index contributed by atoms with van der Waals surface area (Å²) < 4.78 is 18.6. The van der Waals surface area contributed by atoms with Crippen LogP contribution in [0.25, 0.3) is 0 Å². The Balaban J connectivity index is 2.65. The van der Waals surface area contributed by atoms with E-state index in [2.05, 4.69) is 5.32 Å². The molecule has 2 N–H and O–H groups in total. The molecule has 0 aromatic heterocycles. The largest absolute Gasteiger partial charge is 0.478 e. The summed E-state index contributed by atoms with van der Waals surface area (Å²) in [5.74, 6) is -2.69. The summed E-state index contributed by atoms with van der Waals surface area (Å²) in [6.07, 6.45) is 0. The molecule has 0 saturated heterocycles. The molecule has 1 rings (SSSR count). The lowest BCUT2D eigenvalue weighted by Crippen LogP contribution is -2.27. The summed E-state index contributed by atoms with van der Waals surface area (Å²) in [6.45, 7) is 5.26. The van der Waals surface area contributed by atoms with Gasteiger partial charge < -0.3 is 15.2 Å². The lowest BCUT2D eigenvalue weighted by atomic mass is 10.2. The molecule has 0 heterocycles. The van der Waals surface area contributed by atoms with Gasteiger partial charge in [0, 0.05) is 5.69 Å². The first-order valence-corrected chi connectivity index (χ1v) is 5.66. The number of hydrogen-bond donors (Lipinski definition) is 2. The predicted molar refractivity (Wildman–Crippen MR) is 67.7 cm³/mol. The molecule has 0 spiro atoms. The Hall–Kier alpha value is -1.95. The van der Waals surface area contributed by atoms with Gasteiger partial charge in [-0.1, -0.05) is 0 Å². The van der Waals surface area contributed by atoms with Crippen molar-refractivity contribution in [1.29, 1.82) is 0 Å². The summed E-state index contributed by atoms with van der Waals surface area (Å²) in [7, 11) is 0. The van der Waals surface area contributed by atoms with E-state index < -0.39 is 28.9 Å². The first-order chi connectivity index (χ1) is 8.69. The molecule has 0 atom stereocenters. The fourth-order valence-corrected chi connectivity index (χ4v) is 1.25. The first kappa shape index (κ1) is 15.1. The molecule has 0 saturated carbocycles. The molecule has 0 bridgehead atoms. The normalized spacial score (nSPS) is 11.2. The highest BCUT2D eigenvalue weighted by Crippen LogP contribution is 2.15. The van der Waals surface area contributed by atoms with E-state index in [0.717, 1.165) is 12.1 Å². The highest BCUT2D eigenvalue weighted by Gasteiger charge is 2.14. The Kier molecular flexibility index (Phi) is 4.61. The Bertz CT molecular complexity index is 494. The molecule has 0 radical (unpaired) electrons. The quantitative estimate of drug-likeness (QED) is 0.879. The molecule has 0 unspecified atom stereocenters. The number of carboxylic acids is 1. The van der Waals surface area contributed by atoms with Gasteiger partial charge in [0.05, 0.1) is 11.2 Å². The van der Waals surface area contributed by atoms with Crippen molar-refractivity contribution in [2.45, 2.75) is 26.4 Å². The Morgan fingerprint density at radius 3 is 2.47 bits per heavy atom. The average molecular weight is 269 g/mol. The minimum Gasteiger partial charge on any atom is -0.478 e. The minimum absolute atomic E-state index is 0.161. The van der Waals surface area contributed by atoms with E-state index in [9.17, 15) is 14.0 Å². The lowest BCUT2D eigenvalue weighted by Gasteiger charge is -2.19. The second-order valence-corrected chi connectivity index (χ2v) is 4.95. The predicted octanol–water partition coefficient (Wildman–Crippen LogP) is 2.28. The van der Waals surface area contributed by atoms with Gasteiger partial charge in [0.25, 0.3) is 0 Å². The molecular weight excluding hydrogens is 253 g/mol. The molecule has 0 aliphatic rings. The van der Waals surface area contributed by atoms with Crippen LogP contribution in [0.15, 0.2) is 18.2 Å². The number of hydrogen-bond acceptors (Lipinski definition) is 3. The molecule has 104 valence electrons. The summed E-state index contributed by atoms with van der Waals surface area (Å²) in [5.41, 5.74) is -0.704. The zero-order chi connectivity index (χ0) is 14.6. The fraction of sp³-hybridized carbons (Fsp3) is 0.385. The monoisotopic (exact) mass is 269 g/mol. The highest BCUT2D eigenvalue weighted by molar-refractivity contribution is 5.93. The lowest BCUT2D eigenvalue weighted by molar-refractivity contribution is -0.125. The topological polar surface area (TPSA) is 75.6 Å². The average Bonchev–Trinajstić information content (AvgIpc) is 2.25. The zero-order valence-electron chi connectivity index (χ0n) is 11.0. The Morgan fingerprint density at radius 2 is 2.00 bits per heavy atom. The molecule has 0 aliphatic heterocycles. The van der Waals surface area contributed by atoms with Crippen molar-refractivity contribution in [2.24, 2.45) is 0 Å². The molecule has 1 aromatic rings. The van der Waals surface area contributed by atoms with Gasteiger partial charge in [0.1, 0.15) is 12.4 Å². The molecule has 5 nitrogen and oxygen atoms in total. The number of benzene rings is 1. The van der Waals surface area contributed by atoms with Crippen LogP contribution in [0.4, 0.5) is 10.1 Å². The maximum Gasteiger partial charge on any atom is 0.338 e. The summed E-state index contributed by atoms with van der Waals surface area (Å²) in [4.78, 5) is 22.1. The van der Waals surface area contributed by atoms with Crippen molar-refractivity contribution in [1.82, 2.24) is 0 Å². The van der Waals surface area contributed by atoms with Crippen LogP contribution in [0.5, 0.6) is 0 Å². The molecule has 6 heteroatoms. The van der Waals surface area contributed by atoms with Gasteiger partial charge in [0.2, 0.25) is 5.91 Å². The van der Waals surface area contributed by atoms with Crippen molar-refractivity contribution in [3.8, 4) is 0 Å².